The minimum absolute atomic E-state index is 0.0812. The number of carbonyl (C=O) groups is 1. The maximum Gasteiger partial charge on any atom is 0.354 e. The second-order valence-corrected chi connectivity index (χ2v) is 3.55. The Kier molecular flexibility index (Phi) is 2.72. The van der Waals surface area contributed by atoms with Gasteiger partial charge >= 0.3 is 5.97 Å². The van der Waals surface area contributed by atoms with Crippen molar-refractivity contribution >= 4 is 5.97 Å². The molecular formula is C12H12N2O2. The van der Waals surface area contributed by atoms with E-state index < -0.39 is 5.97 Å². The third-order valence-electron chi connectivity index (χ3n) is 2.54. The first-order valence-corrected chi connectivity index (χ1v) is 5.02. The summed E-state index contributed by atoms with van der Waals surface area (Å²) in [5.74, 6) is -0.958. The van der Waals surface area contributed by atoms with Gasteiger partial charge in [-0.25, -0.2) is 4.79 Å². The fraction of sp³-hybridized carbons (Fsp3) is 0.167. The highest BCUT2D eigenvalue weighted by atomic mass is 16.4. The van der Waals surface area contributed by atoms with Crippen LogP contribution in [0.1, 0.15) is 29.0 Å². The summed E-state index contributed by atoms with van der Waals surface area (Å²) in [6.07, 6.45) is 1.50. The van der Waals surface area contributed by atoms with E-state index >= 15 is 0 Å². The first-order chi connectivity index (χ1) is 7.70. The molecule has 2 aromatic rings. The Balaban J connectivity index is 2.38. The van der Waals surface area contributed by atoms with Crippen molar-refractivity contribution in [3.05, 3.63) is 53.9 Å². The fourth-order valence-corrected chi connectivity index (χ4v) is 1.66. The molecule has 82 valence electrons. The van der Waals surface area contributed by atoms with Crippen molar-refractivity contribution in [1.29, 1.82) is 0 Å². The lowest BCUT2D eigenvalue weighted by atomic mass is 10.1. The molecule has 0 fully saturated rings. The van der Waals surface area contributed by atoms with Crippen molar-refractivity contribution in [1.82, 2.24) is 9.78 Å². The summed E-state index contributed by atoms with van der Waals surface area (Å²) < 4.78 is 1.51. The zero-order valence-corrected chi connectivity index (χ0v) is 8.87. The number of aromatic nitrogens is 2. The summed E-state index contributed by atoms with van der Waals surface area (Å²) in [6.45, 7) is 1.93. The van der Waals surface area contributed by atoms with Crippen molar-refractivity contribution in [3.8, 4) is 0 Å². The van der Waals surface area contributed by atoms with Gasteiger partial charge in [0.25, 0.3) is 0 Å². The summed E-state index contributed by atoms with van der Waals surface area (Å²) in [7, 11) is 0. The maximum absolute atomic E-state index is 11.0. The molecule has 0 radical (unpaired) electrons. The highest BCUT2D eigenvalue weighted by Gasteiger charge is 2.16. The molecule has 0 saturated carbocycles. The number of aromatic carboxylic acids is 1. The van der Waals surface area contributed by atoms with Gasteiger partial charge < -0.3 is 5.11 Å². The Morgan fingerprint density at radius 2 is 2.00 bits per heavy atom. The molecule has 0 amide bonds. The molecule has 4 nitrogen and oxygen atoms in total. The van der Waals surface area contributed by atoms with E-state index in [2.05, 4.69) is 5.10 Å². The van der Waals surface area contributed by atoms with E-state index in [0.29, 0.717) is 0 Å². The highest BCUT2D eigenvalue weighted by molar-refractivity contribution is 5.85. The molecule has 4 heteroatoms. The molecule has 1 atom stereocenters. The van der Waals surface area contributed by atoms with E-state index in [1.165, 1.54) is 16.9 Å². The van der Waals surface area contributed by atoms with Crippen LogP contribution in [0.2, 0.25) is 0 Å². The molecule has 0 aliphatic carbocycles. The quantitative estimate of drug-likeness (QED) is 0.855. The monoisotopic (exact) mass is 216 g/mol. The smallest absolute Gasteiger partial charge is 0.354 e. The van der Waals surface area contributed by atoms with Crippen LogP contribution in [0.3, 0.4) is 0 Å². The molecule has 16 heavy (non-hydrogen) atoms. The number of carboxylic acid groups (broad SMARTS) is 1. The van der Waals surface area contributed by atoms with Crippen LogP contribution in [0, 0.1) is 0 Å². The molecule has 0 saturated heterocycles. The molecule has 1 aromatic heterocycles. The standard InChI is InChI=1S/C12H12N2O2/c1-9(10-5-3-2-4-6-10)14-11(12(15)16)7-8-13-14/h2-9H,1H3,(H,15,16)/t9-/m1/s1. The van der Waals surface area contributed by atoms with Gasteiger partial charge in [0, 0.05) is 6.20 Å². The Morgan fingerprint density at radius 1 is 1.31 bits per heavy atom. The average molecular weight is 216 g/mol. The van der Waals surface area contributed by atoms with E-state index in [1.54, 1.807) is 0 Å². The number of benzene rings is 1. The van der Waals surface area contributed by atoms with Gasteiger partial charge in [-0.3, -0.25) is 4.68 Å². The summed E-state index contributed by atoms with van der Waals surface area (Å²) >= 11 is 0. The summed E-state index contributed by atoms with van der Waals surface area (Å²) in [5, 5.41) is 13.0. The molecule has 2 rings (SSSR count). The Morgan fingerprint density at radius 3 is 2.62 bits per heavy atom. The van der Waals surface area contributed by atoms with Crippen molar-refractivity contribution < 1.29 is 9.90 Å². The van der Waals surface area contributed by atoms with Crippen LogP contribution in [0.4, 0.5) is 0 Å². The van der Waals surface area contributed by atoms with Crippen molar-refractivity contribution in [3.63, 3.8) is 0 Å². The predicted molar refractivity (Wildman–Crippen MR) is 59.4 cm³/mol. The van der Waals surface area contributed by atoms with E-state index in [0.717, 1.165) is 5.56 Å². The van der Waals surface area contributed by atoms with Crippen molar-refractivity contribution in [2.75, 3.05) is 0 Å². The van der Waals surface area contributed by atoms with Gasteiger partial charge in [0.05, 0.1) is 6.04 Å². The highest BCUT2D eigenvalue weighted by Crippen LogP contribution is 2.18. The van der Waals surface area contributed by atoms with Gasteiger partial charge in [0.2, 0.25) is 0 Å². The van der Waals surface area contributed by atoms with Gasteiger partial charge in [0.1, 0.15) is 5.69 Å². The van der Waals surface area contributed by atoms with Crippen molar-refractivity contribution in [2.24, 2.45) is 0 Å². The number of carboxylic acids is 1. The largest absolute Gasteiger partial charge is 0.477 e. The minimum Gasteiger partial charge on any atom is -0.477 e. The second-order valence-electron chi connectivity index (χ2n) is 3.55. The summed E-state index contributed by atoms with van der Waals surface area (Å²) in [4.78, 5) is 11.0. The Labute approximate surface area is 93.1 Å². The molecule has 0 aliphatic heterocycles. The van der Waals surface area contributed by atoms with Gasteiger partial charge in [-0.2, -0.15) is 5.10 Å². The first kappa shape index (κ1) is 10.4. The van der Waals surface area contributed by atoms with Crippen LogP contribution in [-0.2, 0) is 0 Å². The molecular weight excluding hydrogens is 204 g/mol. The number of hydrogen-bond acceptors (Lipinski definition) is 2. The molecule has 0 bridgehead atoms. The van der Waals surface area contributed by atoms with Crippen LogP contribution in [0.5, 0.6) is 0 Å². The lowest BCUT2D eigenvalue weighted by molar-refractivity contribution is 0.0682. The van der Waals surface area contributed by atoms with Crippen LogP contribution in [0.25, 0.3) is 0 Å². The minimum atomic E-state index is -0.958. The zero-order valence-electron chi connectivity index (χ0n) is 8.87. The Bertz CT molecular complexity index is 491. The molecule has 0 spiro atoms. The maximum atomic E-state index is 11.0. The van der Waals surface area contributed by atoms with Crippen LogP contribution in [-0.4, -0.2) is 20.9 Å². The van der Waals surface area contributed by atoms with Crippen LogP contribution < -0.4 is 0 Å². The molecule has 0 unspecified atom stereocenters. The number of rotatable bonds is 3. The SMILES string of the molecule is C[C@H](c1ccccc1)n1nccc1C(=O)O. The van der Waals surface area contributed by atoms with Gasteiger partial charge in [-0.05, 0) is 18.6 Å². The van der Waals surface area contributed by atoms with E-state index in [-0.39, 0.29) is 11.7 Å². The van der Waals surface area contributed by atoms with Gasteiger partial charge in [-0.1, -0.05) is 30.3 Å². The lowest BCUT2D eigenvalue weighted by Gasteiger charge is -2.14. The van der Waals surface area contributed by atoms with Gasteiger partial charge in [-0.15, -0.1) is 0 Å². The number of hydrogen-bond donors (Lipinski definition) is 1. The zero-order chi connectivity index (χ0) is 11.5. The third kappa shape index (κ3) is 1.82. The first-order valence-electron chi connectivity index (χ1n) is 5.02. The fourth-order valence-electron chi connectivity index (χ4n) is 1.66. The van der Waals surface area contributed by atoms with Gasteiger partial charge in [0.15, 0.2) is 0 Å². The molecule has 1 aromatic carbocycles. The topological polar surface area (TPSA) is 55.1 Å². The second kappa shape index (κ2) is 4.18. The Hall–Kier alpha value is -2.10. The van der Waals surface area contributed by atoms with Crippen LogP contribution in [0.15, 0.2) is 42.6 Å². The molecule has 1 heterocycles. The van der Waals surface area contributed by atoms with Crippen LogP contribution >= 0.6 is 0 Å². The third-order valence-corrected chi connectivity index (χ3v) is 2.54. The average Bonchev–Trinajstić information content (AvgIpc) is 2.78. The molecule has 1 N–H and O–H groups in total. The summed E-state index contributed by atoms with van der Waals surface area (Å²) in [6, 6.07) is 11.1. The predicted octanol–water partition coefficient (Wildman–Crippen LogP) is 2.19. The summed E-state index contributed by atoms with van der Waals surface area (Å²) in [5.41, 5.74) is 1.24. The van der Waals surface area contributed by atoms with E-state index in [4.69, 9.17) is 5.11 Å². The lowest BCUT2D eigenvalue weighted by Crippen LogP contribution is -2.15. The van der Waals surface area contributed by atoms with Crippen molar-refractivity contribution in [2.45, 2.75) is 13.0 Å². The number of nitrogens with zero attached hydrogens (tertiary/aromatic N) is 2. The van der Waals surface area contributed by atoms with E-state index in [9.17, 15) is 4.79 Å². The molecule has 0 aliphatic rings. The van der Waals surface area contributed by atoms with E-state index in [1.807, 2.05) is 37.3 Å². The normalized spacial score (nSPS) is 12.3.